The van der Waals surface area contributed by atoms with Crippen LogP contribution >= 0.6 is 0 Å². The quantitative estimate of drug-likeness (QED) is 0.503. The van der Waals surface area contributed by atoms with Crippen LogP contribution in [-0.4, -0.2) is 38.1 Å². The molecule has 0 unspecified atom stereocenters. The predicted molar refractivity (Wildman–Crippen MR) is 55.3 cm³/mol. The topological polar surface area (TPSA) is 67.4 Å². The summed E-state index contributed by atoms with van der Waals surface area (Å²) in [4.78, 5) is 22.6. The van der Waals surface area contributed by atoms with Crippen molar-refractivity contribution < 1.29 is 14.3 Å². The molecule has 0 aromatic rings. The Morgan fingerprint density at radius 1 is 1.27 bits per heavy atom. The average Bonchev–Trinajstić information content (AvgIpc) is 2.70. The van der Waals surface area contributed by atoms with Gasteiger partial charge in [0.25, 0.3) is 0 Å². The van der Waals surface area contributed by atoms with Crippen molar-refractivity contribution in [1.82, 2.24) is 10.6 Å². The fourth-order valence-electron chi connectivity index (χ4n) is 1.67. The molecule has 0 bridgehead atoms. The molecule has 5 heteroatoms. The third-order valence-electron chi connectivity index (χ3n) is 2.49. The summed E-state index contributed by atoms with van der Waals surface area (Å²) in [5.74, 6) is -1.10. The van der Waals surface area contributed by atoms with E-state index in [0.29, 0.717) is 13.2 Å². The van der Waals surface area contributed by atoms with Crippen molar-refractivity contribution in [3.63, 3.8) is 0 Å². The van der Waals surface area contributed by atoms with E-state index in [0.717, 1.165) is 25.7 Å². The van der Waals surface area contributed by atoms with E-state index in [2.05, 4.69) is 10.6 Å². The summed E-state index contributed by atoms with van der Waals surface area (Å²) in [7, 11) is 1.55. The highest BCUT2D eigenvalue weighted by atomic mass is 16.5. The third-order valence-corrected chi connectivity index (χ3v) is 2.49. The molecule has 86 valence electrons. The molecular formula is C10H18N2O3. The van der Waals surface area contributed by atoms with Crippen LogP contribution in [0.5, 0.6) is 0 Å². The van der Waals surface area contributed by atoms with E-state index in [1.54, 1.807) is 7.11 Å². The Morgan fingerprint density at radius 3 is 2.53 bits per heavy atom. The van der Waals surface area contributed by atoms with Crippen LogP contribution in [0.1, 0.15) is 25.7 Å². The number of hydrogen-bond donors (Lipinski definition) is 2. The summed E-state index contributed by atoms with van der Waals surface area (Å²) >= 11 is 0. The third kappa shape index (κ3) is 4.29. The number of ether oxygens (including phenoxy) is 1. The maximum atomic E-state index is 11.3. The van der Waals surface area contributed by atoms with Gasteiger partial charge < -0.3 is 15.4 Å². The number of nitrogens with one attached hydrogen (secondary N) is 2. The van der Waals surface area contributed by atoms with Crippen molar-refractivity contribution in [1.29, 1.82) is 0 Å². The highest BCUT2D eigenvalue weighted by Gasteiger charge is 2.20. The van der Waals surface area contributed by atoms with Gasteiger partial charge in [-0.15, -0.1) is 0 Å². The first-order valence-electron chi connectivity index (χ1n) is 5.31. The minimum atomic E-state index is -0.570. The van der Waals surface area contributed by atoms with Crippen molar-refractivity contribution in [3.8, 4) is 0 Å². The first-order chi connectivity index (χ1) is 7.24. The van der Waals surface area contributed by atoms with Gasteiger partial charge in [0, 0.05) is 19.7 Å². The van der Waals surface area contributed by atoms with Gasteiger partial charge in [-0.2, -0.15) is 0 Å². The van der Waals surface area contributed by atoms with E-state index < -0.39 is 11.8 Å². The number of hydrogen-bond acceptors (Lipinski definition) is 3. The Hall–Kier alpha value is -1.10. The van der Waals surface area contributed by atoms with Gasteiger partial charge in [-0.3, -0.25) is 9.59 Å². The maximum Gasteiger partial charge on any atom is 0.309 e. The molecule has 0 aliphatic heterocycles. The fourth-order valence-corrected chi connectivity index (χ4v) is 1.67. The smallest absolute Gasteiger partial charge is 0.309 e. The minimum Gasteiger partial charge on any atom is -0.383 e. The molecule has 1 aliphatic carbocycles. The molecule has 0 saturated heterocycles. The van der Waals surface area contributed by atoms with E-state index in [1.165, 1.54) is 0 Å². The zero-order valence-electron chi connectivity index (χ0n) is 9.04. The molecule has 5 nitrogen and oxygen atoms in total. The van der Waals surface area contributed by atoms with Crippen LogP contribution in [0.3, 0.4) is 0 Å². The van der Waals surface area contributed by atoms with Gasteiger partial charge in [0.15, 0.2) is 0 Å². The fraction of sp³-hybridized carbons (Fsp3) is 0.800. The van der Waals surface area contributed by atoms with Gasteiger partial charge in [0.05, 0.1) is 6.61 Å². The molecule has 1 aliphatic rings. The zero-order valence-corrected chi connectivity index (χ0v) is 9.04. The van der Waals surface area contributed by atoms with Crippen molar-refractivity contribution in [3.05, 3.63) is 0 Å². The molecule has 0 atom stereocenters. The van der Waals surface area contributed by atoms with Crippen LogP contribution in [0.25, 0.3) is 0 Å². The Kier molecular flexibility index (Phi) is 5.10. The SMILES string of the molecule is COCCNC(=O)C(=O)NC1CCCC1. The van der Waals surface area contributed by atoms with Crippen LogP contribution in [0.4, 0.5) is 0 Å². The molecule has 0 aromatic heterocycles. The molecule has 15 heavy (non-hydrogen) atoms. The molecular weight excluding hydrogens is 196 g/mol. The van der Waals surface area contributed by atoms with E-state index in [-0.39, 0.29) is 6.04 Å². The largest absolute Gasteiger partial charge is 0.383 e. The van der Waals surface area contributed by atoms with Crippen LogP contribution in [0.15, 0.2) is 0 Å². The molecule has 2 amide bonds. The van der Waals surface area contributed by atoms with Gasteiger partial charge in [0.2, 0.25) is 0 Å². The van der Waals surface area contributed by atoms with Gasteiger partial charge in [-0.05, 0) is 12.8 Å². The molecule has 1 rings (SSSR count). The number of methoxy groups -OCH3 is 1. The molecule has 1 saturated carbocycles. The maximum absolute atomic E-state index is 11.3. The number of carbonyl (C=O) groups is 2. The van der Waals surface area contributed by atoms with Crippen molar-refractivity contribution in [2.24, 2.45) is 0 Å². The zero-order chi connectivity index (χ0) is 11.1. The Bertz CT molecular complexity index is 225. The summed E-state index contributed by atoms with van der Waals surface area (Å²) < 4.78 is 4.76. The van der Waals surface area contributed by atoms with Gasteiger partial charge >= 0.3 is 11.8 Å². The number of amides is 2. The van der Waals surface area contributed by atoms with Crippen molar-refractivity contribution >= 4 is 11.8 Å². The second-order valence-electron chi connectivity index (χ2n) is 3.70. The highest BCUT2D eigenvalue weighted by molar-refractivity contribution is 6.35. The minimum absolute atomic E-state index is 0.186. The lowest BCUT2D eigenvalue weighted by atomic mass is 10.2. The van der Waals surface area contributed by atoms with Crippen molar-refractivity contribution in [2.45, 2.75) is 31.7 Å². The summed E-state index contributed by atoms with van der Waals surface area (Å²) in [6, 6.07) is 0.186. The molecule has 2 N–H and O–H groups in total. The normalized spacial score (nSPS) is 16.3. The molecule has 0 radical (unpaired) electrons. The Labute approximate surface area is 89.6 Å². The predicted octanol–water partition coefficient (Wildman–Crippen LogP) is -0.192. The van der Waals surface area contributed by atoms with Gasteiger partial charge in [0.1, 0.15) is 0 Å². The lowest BCUT2D eigenvalue weighted by Crippen LogP contribution is -2.44. The number of carbonyl (C=O) groups excluding carboxylic acids is 2. The Balaban J connectivity index is 2.17. The first kappa shape index (κ1) is 12.0. The lowest BCUT2D eigenvalue weighted by molar-refractivity contribution is -0.139. The van der Waals surface area contributed by atoms with Gasteiger partial charge in [-0.1, -0.05) is 12.8 Å². The van der Waals surface area contributed by atoms with E-state index in [4.69, 9.17) is 4.74 Å². The van der Waals surface area contributed by atoms with Gasteiger partial charge in [-0.25, -0.2) is 0 Å². The van der Waals surface area contributed by atoms with Crippen LogP contribution in [0, 0.1) is 0 Å². The average molecular weight is 214 g/mol. The second kappa shape index (κ2) is 6.40. The summed E-state index contributed by atoms with van der Waals surface area (Å²) in [5, 5.41) is 5.20. The highest BCUT2D eigenvalue weighted by Crippen LogP contribution is 2.17. The van der Waals surface area contributed by atoms with E-state index in [1.807, 2.05) is 0 Å². The van der Waals surface area contributed by atoms with Crippen LogP contribution < -0.4 is 10.6 Å². The summed E-state index contributed by atoms with van der Waals surface area (Å²) in [6.07, 6.45) is 4.24. The first-order valence-corrected chi connectivity index (χ1v) is 5.31. The van der Waals surface area contributed by atoms with Crippen molar-refractivity contribution in [2.75, 3.05) is 20.3 Å². The molecule has 0 aromatic carbocycles. The van der Waals surface area contributed by atoms with Crippen LogP contribution in [-0.2, 0) is 14.3 Å². The monoisotopic (exact) mass is 214 g/mol. The van der Waals surface area contributed by atoms with E-state index >= 15 is 0 Å². The summed E-state index contributed by atoms with van der Waals surface area (Å²) in [6.45, 7) is 0.788. The number of rotatable bonds is 4. The molecule has 0 heterocycles. The lowest BCUT2D eigenvalue weighted by Gasteiger charge is -2.11. The second-order valence-corrected chi connectivity index (χ2v) is 3.70. The van der Waals surface area contributed by atoms with Crippen LogP contribution in [0.2, 0.25) is 0 Å². The van der Waals surface area contributed by atoms with E-state index in [9.17, 15) is 9.59 Å². The summed E-state index contributed by atoms with van der Waals surface area (Å²) in [5.41, 5.74) is 0. The standard InChI is InChI=1S/C10H18N2O3/c1-15-7-6-11-9(13)10(14)12-8-4-2-3-5-8/h8H,2-7H2,1H3,(H,11,13)(H,12,14). The Morgan fingerprint density at radius 2 is 1.93 bits per heavy atom. The molecule has 0 spiro atoms. The molecule has 1 fully saturated rings.